The SMILES string of the molecule is O=C(CN1CCn2nc(CO)cc2C1)NCc1cccs1. The molecule has 21 heavy (non-hydrogen) atoms. The van der Waals surface area contributed by atoms with E-state index >= 15 is 0 Å². The minimum absolute atomic E-state index is 0.0404. The van der Waals surface area contributed by atoms with Crippen LogP contribution < -0.4 is 5.32 Å². The Morgan fingerprint density at radius 1 is 1.48 bits per heavy atom. The standard InChI is InChI=1S/C14H18N4O2S/c19-10-11-6-12-8-17(3-4-18(12)16-11)9-14(20)15-7-13-2-1-5-21-13/h1-2,5-6,19H,3-4,7-10H2,(H,15,20). The lowest BCUT2D eigenvalue weighted by Crippen LogP contribution is -2.41. The van der Waals surface area contributed by atoms with Crippen molar-refractivity contribution < 1.29 is 9.90 Å². The Labute approximate surface area is 127 Å². The third-order valence-corrected chi connectivity index (χ3v) is 4.37. The van der Waals surface area contributed by atoms with Crippen LogP contribution in [0.1, 0.15) is 16.3 Å². The first-order valence-corrected chi connectivity index (χ1v) is 7.80. The summed E-state index contributed by atoms with van der Waals surface area (Å²) in [6.45, 7) is 3.20. The molecule has 3 heterocycles. The summed E-state index contributed by atoms with van der Waals surface area (Å²) in [7, 11) is 0. The van der Waals surface area contributed by atoms with Gasteiger partial charge in [0.05, 0.1) is 37.6 Å². The Morgan fingerprint density at radius 3 is 3.14 bits per heavy atom. The van der Waals surface area contributed by atoms with Gasteiger partial charge in [0, 0.05) is 18.0 Å². The molecule has 2 N–H and O–H groups in total. The Balaban J connectivity index is 1.50. The van der Waals surface area contributed by atoms with Crippen molar-refractivity contribution in [2.24, 2.45) is 0 Å². The van der Waals surface area contributed by atoms with E-state index in [0.29, 0.717) is 25.3 Å². The summed E-state index contributed by atoms with van der Waals surface area (Å²) >= 11 is 1.64. The average molecular weight is 306 g/mol. The fourth-order valence-corrected chi connectivity index (χ4v) is 3.09. The molecule has 3 rings (SSSR count). The number of aromatic nitrogens is 2. The van der Waals surface area contributed by atoms with Gasteiger partial charge in [-0.1, -0.05) is 6.07 Å². The summed E-state index contributed by atoms with van der Waals surface area (Å²) in [5.74, 6) is 0.0405. The molecule has 0 aromatic carbocycles. The third-order valence-electron chi connectivity index (χ3n) is 3.50. The highest BCUT2D eigenvalue weighted by Crippen LogP contribution is 2.13. The Hall–Kier alpha value is -1.70. The molecule has 2 aromatic heterocycles. The van der Waals surface area contributed by atoms with Crippen LogP contribution in [0.4, 0.5) is 0 Å². The van der Waals surface area contributed by atoms with Gasteiger partial charge in [-0.05, 0) is 17.5 Å². The molecule has 7 heteroatoms. The molecule has 0 saturated heterocycles. The van der Waals surface area contributed by atoms with Crippen molar-refractivity contribution in [1.29, 1.82) is 0 Å². The van der Waals surface area contributed by atoms with Crippen molar-refractivity contribution in [3.63, 3.8) is 0 Å². The van der Waals surface area contributed by atoms with Gasteiger partial charge in [-0.15, -0.1) is 11.3 Å². The predicted octanol–water partition coefficient (Wildman–Crippen LogP) is 0.569. The first kappa shape index (κ1) is 14.2. The molecule has 0 radical (unpaired) electrons. The van der Waals surface area contributed by atoms with E-state index in [4.69, 9.17) is 5.11 Å². The van der Waals surface area contributed by atoms with Gasteiger partial charge in [-0.2, -0.15) is 5.10 Å². The van der Waals surface area contributed by atoms with Gasteiger partial charge in [-0.3, -0.25) is 14.4 Å². The predicted molar refractivity (Wildman–Crippen MR) is 79.6 cm³/mol. The molecule has 112 valence electrons. The summed E-state index contributed by atoms with van der Waals surface area (Å²) < 4.78 is 1.91. The summed E-state index contributed by atoms with van der Waals surface area (Å²) in [4.78, 5) is 15.2. The van der Waals surface area contributed by atoms with Crippen LogP contribution in [-0.4, -0.2) is 38.8 Å². The molecule has 1 aliphatic rings. The summed E-state index contributed by atoms with van der Waals surface area (Å²) in [5.41, 5.74) is 1.74. The minimum atomic E-state index is -0.0404. The van der Waals surface area contributed by atoms with E-state index in [9.17, 15) is 4.79 Å². The monoisotopic (exact) mass is 306 g/mol. The zero-order chi connectivity index (χ0) is 14.7. The van der Waals surface area contributed by atoms with E-state index in [1.165, 1.54) is 0 Å². The number of fused-ring (bicyclic) bond motifs is 1. The van der Waals surface area contributed by atoms with E-state index in [1.54, 1.807) is 11.3 Å². The number of hydrogen-bond acceptors (Lipinski definition) is 5. The molecule has 0 bridgehead atoms. The van der Waals surface area contributed by atoms with Crippen molar-refractivity contribution in [2.75, 3.05) is 13.1 Å². The Bertz CT molecular complexity index is 609. The molecule has 0 unspecified atom stereocenters. The zero-order valence-corrected chi connectivity index (χ0v) is 12.5. The topological polar surface area (TPSA) is 70.4 Å². The smallest absolute Gasteiger partial charge is 0.234 e. The van der Waals surface area contributed by atoms with Gasteiger partial charge < -0.3 is 10.4 Å². The maximum atomic E-state index is 12.0. The van der Waals surface area contributed by atoms with Crippen molar-refractivity contribution >= 4 is 17.2 Å². The minimum Gasteiger partial charge on any atom is -0.390 e. The van der Waals surface area contributed by atoms with Gasteiger partial charge in [0.15, 0.2) is 0 Å². The summed E-state index contributed by atoms with van der Waals surface area (Å²) in [5, 5.41) is 18.3. The lowest BCUT2D eigenvalue weighted by molar-refractivity contribution is -0.122. The first-order chi connectivity index (χ1) is 10.2. The molecule has 2 aromatic rings. The van der Waals surface area contributed by atoms with Crippen LogP contribution in [0.5, 0.6) is 0 Å². The number of aliphatic hydroxyl groups is 1. The zero-order valence-electron chi connectivity index (χ0n) is 11.7. The number of carbonyl (C=O) groups excluding carboxylic acids is 1. The van der Waals surface area contributed by atoms with Crippen LogP contribution in [0.2, 0.25) is 0 Å². The third kappa shape index (κ3) is 3.49. The highest BCUT2D eigenvalue weighted by Gasteiger charge is 2.19. The van der Waals surface area contributed by atoms with Crippen molar-refractivity contribution in [3.05, 3.63) is 39.8 Å². The molecule has 0 fully saturated rings. The van der Waals surface area contributed by atoms with Crippen molar-refractivity contribution in [2.45, 2.75) is 26.2 Å². The van der Waals surface area contributed by atoms with E-state index in [2.05, 4.69) is 15.3 Å². The second-order valence-electron chi connectivity index (χ2n) is 5.08. The van der Waals surface area contributed by atoms with Gasteiger partial charge in [0.1, 0.15) is 0 Å². The van der Waals surface area contributed by atoms with Crippen molar-refractivity contribution in [3.8, 4) is 0 Å². The molecule has 0 atom stereocenters. The number of nitrogens with one attached hydrogen (secondary N) is 1. The van der Waals surface area contributed by atoms with Gasteiger partial charge >= 0.3 is 0 Å². The highest BCUT2D eigenvalue weighted by atomic mass is 32.1. The van der Waals surface area contributed by atoms with Gasteiger partial charge in [-0.25, -0.2) is 0 Å². The number of nitrogens with zero attached hydrogens (tertiary/aromatic N) is 3. The maximum Gasteiger partial charge on any atom is 0.234 e. The number of thiophene rings is 1. The van der Waals surface area contributed by atoms with Crippen molar-refractivity contribution in [1.82, 2.24) is 20.0 Å². The number of hydrogen-bond donors (Lipinski definition) is 2. The fraction of sp³-hybridized carbons (Fsp3) is 0.429. The first-order valence-electron chi connectivity index (χ1n) is 6.92. The molecular weight excluding hydrogens is 288 g/mol. The lowest BCUT2D eigenvalue weighted by Gasteiger charge is -2.26. The molecule has 6 nitrogen and oxygen atoms in total. The summed E-state index contributed by atoms with van der Waals surface area (Å²) in [6, 6.07) is 5.90. The molecular formula is C14H18N4O2S. The number of aliphatic hydroxyl groups excluding tert-OH is 1. The number of rotatable bonds is 5. The Kier molecular flexibility index (Phi) is 4.33. The Morgan fingerprint density at radius 2 is 2.38 bits per heavy atom. The summed E-state index contributed by atoms with van der Waals surface area (Å²) in [6.07, 6.45) is 0. The van der Waals surface area contributed by atoms with Crippen LogP contribution in [0.15, 0.2) is 23.6 Å². The molecule has 0 aliphatic carbocycles. The van der Waals surface area contributed by atoms with Crippen LogP contribution >= 0.6 is 11.3 Å². The van der Waals surface area contributed by atoms with E-state index in [-0.39, 0.29) is 12.5 Å². The second-order valence-corrected chi connectivity index (χ2v) is 6.11. The van der Waals surface area contributed by atoms with E-state index in [0.717, 1.165) is 23.7 Å². The highest BCUT2D eigenvalue weighted by molar-refractivity contribution is 7.09. The van der Waals surface area contributed by atoms with Crippen LogP contribution in [0, 0.1) is 0 Å². The second kappa shape index (κ2) is 6.38. The van der Waals surface area contributed by atoms with Gasteiger partial charge in [0.25, 0.3) is 0 Å². The molecule has 1 amide bonds. The fourth-order valence-electron chi connectivity index (χ4n) is 2.45. The van der Waals surface area contributed by atoms with Crippen LogP contribution in [0.3, 0.4) is 0 Å². The molecule has 0 spiro atoms. The quantitative estimate of drug-likeness (QED) is 0.847. The lowest BCUT2D eigenvalue weighted by atomic mass is 10.3. The van der Waals surface area contributed by atoms with E-state index in [1.807, 2.05) is 28.3 Å². The van der Waals surface area contributed by atoms with Crippen LogP contribution in [0.25, 0.3) is 0 Å². The molecule has 1 aliphatic heterocycles. The normalized spacial score (nSPS) is 14.9. The number of carbonyl (C=O) groups is 1. The number of amides is 1. The van der Waals surface area contributed by atoms with Crippen LogP contribution in [-0.2, 0) is 31.0 Å². The average Bonchev–Trinajstić information content (AvgIpc) is 3.13. The molecule has 0 saturated carbocycles. The maximum absolute atomic E-state index is 12.0. The van der Waals surface area contributed by atoms with Gasteiger partial charge in [0.2, 0.25) is 5.91 Å². The largest absolute Gasteiger partial charge is 0.390 e. The van der Waals surface area contributed by atoms with E-state index < -0.39 is 0 Å².